The second kappa shape index (κ2) is 14.7. The van der Waals surface area contributed by atoms with Gasteiger partial charge in [0.15, 0.2) is 17.3 Å². The number of amides is 1. The van der Waals surface area contributed by atoms with Gasteiger partial charge in [-0.05, 0) is 96.5 Å². The lowest BCUT2D eigenvalue weighted by Gasteiger charge is -2.15. The third-order valence-corrected chi connectivity index (χ3v) is 9.44. The maximum absolute atomic E-state index is 12.7. The zero-order valence-corrected chi connectivity index (χ0v) is 29.9. The number of halogens is 4. The number of hydrogen-bond donors (Lipinski definition) is 1. The van der Waals surface area contributed by atoms with Crippen LogP contribution in [0.25, 0.3) is 5.69 Å². The third-order valence-electron chi connectivity index (χ3n) is 6.77. The van der Waals surface area contributed by atoms with Gasteiger partial charge in [-0.25, -0.2) is 5.43 Å². The van der Waals surface area contributed by atoms with Crippen molar-refractivity contribution in [3.63, 3.8) is 0 Å². The van der Waals surface area contributed by atoms with Gasteiger partial charge in [0.05, 0.1) is 13.3 Å². The molecule has 2 aromatic heterocycles. The molecule has 0 fully saturated rings. The van der Waals surface area contributed by atoms with Crippen LogP contribution in [0.3, 0.4) is 0 Å². The first-order valence-corrected chi connectivity index (χ1v) is 16.3. The molecule has 0 unspecified atom stereocenters. The monoisotopic (exact) mass is 817 g/mol. The van der Waals surface area contributed by atoms with Crippen molar-refractivity contribution in [3.05, 3.63) is 125 Å². The van der Waals surface area contributed by atoms with E-state index >= 15 is 0 Å². The van der Waals surface area contributed by atoms with Crippen LogP contribution in [-0.4, -0.2) is 23.8 Å². The van der Waals surface area contributed by atoms with E-state index in [1.165, 1.54) is 13.3 Å². The van der Waals surface area contributed by atoms with Crippen molar-refractivity contribution in [2.75, 3.05) is 7.11 Å². The van der Waals surface area contributed by atoms with Gasteiger partial charge in [-0.3, -0.25) is 4.79 Å². The summed E-state index contributed by atoms with van der Waals surface area (Å²) < 4.78 is 27.6. The SMILES string of the molecule is COc1cc(/C=N/NC(=O)c2ccc(COc3ccc(-n4c(C)ccc4C)cc3)o2)c(Br)c(Cl)c1OCc1ccc(Br)cc1Br. The van der Waals surface area contributed by atoms with Crippen molar-refractivity contribution in [1.82, 2.24) is 9.99 Å². The first kappa shape index (κ1) is 32.9. The molecule has 0 saturated carbocycles. The number of ether oxygens (including phenoxy) is 3. The van der Waals surface area contributed by atoms with Crippen LogP contribution in [-0.2, 0) is 13.2 Å². The summed E-state index contributed by atoms with van der Waals surface area (Å²) in [4.78, 5) is 12.7. The quantitative estimate of drug-likeness (QED) is 0.106. The topological polar surface area (TPSA) is 87.2 Å². The molecular weight excluding hydrogens is 794 g/mol. The molecule has 45 heavy (non-hydrogen) atoms. The normalized spacial score (nSPS) is 11.2. The number of hydrazone groups is 1. The van der Waals surface area contributed by atoms with E-state index in [-0.39, 0.29) is 19.0 Å². The summed E-state index contributed by atoms with van der Waals surface area (Å²) in [6, 6.07) is 22.7. The number of hydrogen-bond acceptors (Lipinski definition) is 6. The first-order chi connectivity index (χ1) is 21.6. The zero-order valence-electron chi connectivity index (χ0n) is 24.4. The number of furan rings is 1. The molecule has 232 valence electrons. The van der Waals surface area contributed by atoms with Gasteiger partial charge < -0.3 is 23.2 Å². The number of methoxy groups -OCH3 is 1. The highest BCUT2D eigenvalue weighted by atomic mass is 79.9. The Morgan fingerprint density at radius 1 is 0.956 bits per heavy atom. The third kappa shape index (κ3) is 7.84. The van der Waals surface area contributed by atoms with Crippen molar-refractivity contribution in [1.29, 1.82) is 0 Å². The van der Waals surface area contributed by atoms with Crippen LogP contribution in [0.1, 0.15) is 38.8 Å². The highest BCUT2D eigenvalue weighted by Crippen LogP contribution is 2.42. The summed E-state index contributed by atoms with van der Waals surface area (Å²) >= 11 is 17.1. The molecule has 0 bridgehead atoms. The van der Waals surface area contributed by atoms with Gasteiger partial charge in [0.2, 0.25) is 0 Å². The van der Waals surface area contributed by atoms with Crippen LogP contribution in [0.4, 0.5) is 0 Å². The van der Waals surface area contributed by atoms with Gasteiger partial charge in [0, 0.05) is 41.6 Å². The second-order valence-corrected chi connectivity index (χ2v) is 12.8. The number of rotatable bonds is 11. The first-order valence-electron chi connectivity index (χ1n) is 13.6. The Kier molecular flexibility index (Phi) is 10.8. The number of carbonyl (C=O) groups excluding carboxylic acids is 1. The van der Waals surface area contributed by atoms with Crippen LogP contribution in [0.15, 0.2) is 95.7 Å². The lowest BCUT2D eigenvalue weighted by atomic mass is 10.2. The summed E-state index contributed by atoms with van der Waals surface area (Å²) in [5.74, 6) is 1.53. The van der Waals surface area contributed by atoms with Crippen LogP contribution in [0.5, 0.6) is 17.2 Å². The fourth-order valence-corrected chi connectivity index (χ4v) is 6.30. The molecule has 0 radical (unpaired) electrons. The van der Waals surface area contributed by atoms with E-state index in [0.29, 0.717) is 38.1 Å². The Morgan fingerprint density at radius 2 is 1.69 bits per heavy atom. The summed E-state index contributed by atoms with van der Waals surface area (Å²) in [6.07, 6.45) is 1.44. The molecule has 12 heteroatoms. The Balaban J connectivity index is 1.18. The van der Waals surface area contributed by atoms with Gasteiger partial charge in [0.1, 0.15) is 29.7 Å². The molecule has 0 aliphatic carbocycles. The van der Waals surface area contributed by atoms with Crippen molar-refractivity contribution < 1.29 is 23.4 Å². The number of carbonyl (C=O) groups is 1. The summed E-state index contributed by atoms with van der Waals surface area (Å²) in [7, 11) is 1.52. The van der Waals surface area contributed by atoms with Gasteiger partial charge in [-0.2, -0.15) is 5.10 Å². The molecule has 0 atom stereocenters. The molecule has 2 heterocycles. The molecule has 1 N–H and O–H groups in total. The summed E-state index contributed by atoms with van der Waals surface area (Å²) in [5.41, 5.74) is 7.34. The largest absolute Gasteiger partial charge is 0.493 e. The molecule has 3 aromatic carbocycles. The molecular formula is C33H27Br3ClN3O5. The van der Waals surface area contributed by atoms with E-state index in [1.54, 1.807) is 18.2 Å². The molecule has 0 aliphatic heterocycles. The minimum Gasteiger partial charge on any atom is -0.493 e. The number of nitrogens with zero attached hydrogens (tertiary/aromatic N) is 2. The summed E-state index contributed by atoms with van der Waals surface area (Å²) in [5, 5.41) is 4.37. The van der Waals surface area contributed by atoms with Gasteiger partial charge >= 0.3 is 5.91 Å². The molecule has 5 aromatic rings. The lowest BCUT2D eigenvalue weighted by Crippen LogP contribution is -2.16. The van der Waals surface area contributed by atoms with E-state index in [4.69, 9.17) is 30.2 Å². The van der Waals surface area contributed by atoms with E-state index in [9.17, 15) is 4.79 Å². The molecule has 1 amide bonds. The van der Waals surface area contributed by atoms with Crippen LogP contribution in [0.2, 0.25) is 5.02 Å². The highest BCUT2D eigenvalue weighted by molar-refractivity contribution is 9.11. The van der Waals surface area contributed by atoms with Gasteiger partial charge in [0.25, 0.3) is 0 Å². The molecule has 0 spiro atoms. The minimum absolute atomic E-state index is 0.0946. The average molecular weight is 821 g/mol. The van der Waals surface area contributed by atoms with Gasteiger partial charge in [-0.15, -0.1) is 0 Å². The Labute approximate surface area is 290 Å². The highest BCUT2D eigenvalue weighted by Gasteiger charge is 2.18. The van der Waals surface area contributed by atoms with Gasteiger partial charge in [-0.1, -0.05) is 49.5 Å². The maximum Gasteiger partial charge on any atom is 0.307 e. The second-order valence-electron chi connectivity index (χ2n) is 9.85. The number of aromatic nitrogens is 1. The fraction of sp³-hybridized carbons (Fsp3) is 0.152. The standard InChI is InChI=1S/C33H27Br3ClN3O5/c1-19-4-5-20(2)40(19)24-8-10-25(11-9-24)43-18-26-12-13-28(45-26)33(41)39-38-16-22-14-29(42-3)32(31(37)30(22)36)44-17-21-6-7-23(34)15-27(21)35/h4-16H,17-18H2,1-3H3,(H,39,41)/b38-16+. The number of benzene rings is 3. The minimum atomic E-state index is -0.520. The van der Waals surface area contributed by atoms with E-state index in [2.05, 4.69) is 88.9 Å². The number of aryl methyl sites for hydroxylation is 2. The van der Waals surface area contributed by atoms with Crippen LogP contribution in [0, 0.1) is 13.8 Å². The Bertz CT molecular complexity index is 1850. The van der Waals surface area contributed by atoms with Crippen molar-refractivity contribution >= 4 is 71.5 Å². The molecule has 0 aliphatic rings. The van der Waals surface area contributed by atoms with E-state index in [1.807, 2.05) is 42.5 Å². The van der Waals surface area contributed by atoms with Crippen LogP contribution < -0.4 is 19.6 Å². The molecule has 0 saturated heterocycles. The van der Waals surface area contributed by atoms with Crippen molar-refractivity contribution in [2.45, 2.75) is 27.1 Å². The van der Waals surface area contributed by atoms with Crippen molar-refractivity contribution in [3.8, 4) is 22.9 Å². The molecule has 8 nitrogen and oxygen atoms in total. The van der Waals surface area contributed by atoms with Crippen molar-refractivity contribution in [2.24, 2.45) is 5.10 Å². The maximum atomic E-state index is 12.7. The lowest BCUT2D eigenvalue weighted by molar-refractivity contribution is 0.0923. The summed E-state index contributed by atoms with van der Waals surface area (Å²) in [6.45, 7) is 4.56. The zero-order chi connectivity index (χ0) is 32.1. The predicted octanol–water partition coefficient (Wildman–Crippen LogP) is 9.56. The number of nitrogens with one attached hydrogen (secondary N) is 1. The predicted molar refractivity (Wildman–Crippen MR) is 185 cm³/mol. The fourth-order valence-electron chi connectivity index (χ4n) is 4.49. The Morgan fingerprint density at radius 3 is 2.38 bits per heavy atom. The average Bonchev–Trinajstić information content (AvgIpc) is 3.64. The Hall–Kier alpha value is -3.51. The van der Waals surface area contributed by atoms with E-state index < -0.39 is 5.91 Å². The van der Waals surface area contributed by atoms with Crippen LogP contribution >= 0.6 is 59.4 Å². The molecule has 5 rings (SSSR count). The smallest absolute Gasteiger partial charge is 0.307 e. The van der Waals surface area contributed by atoms with E-state index in [0.717, 1.165) is 31.6 Å².